The van der Waals surface area contributed by atoms with Crippen LogP contribution in [0.5, 0.6) is 17.2 Å². The highest BCUT2D eigenvalue weighted by molar-refractivity contribution is 6.03. The molecule has 1 amide bonds. The Labute approximate surface area is 164 Å². The molecule has 0 radical (unpaired) electrons. The lowest BCUT2D eigenvalue weighted by atomic mass is 10.1. The molecule has 7 nitrogen and oxygen atoms in total. The standard InChI is InChI=1S/C21H25NO6/c1-6-14-9-7-8-10-17(14)28-13(2)20(23)22-16-12-19(26-4)18(25-3)11-15(16)21(24)27-5/h7-13H,6H2,1-5H3,(H,22,23)/t13-/m0/s1. The molecule has 0 bridgehead atoms. The van der Waals surface area contributed by atoms with Gasteiger partial charge in [-0.25, -0.2) is 4.79 Å². The van der Waals surface area contributed by atoms with Gasteiger partial charge in [0.15, 0.2) is 17.6 Å². The van der Waals surface area contributed by atoms with Gasteiger partial charge in [-0.2, -0.15) is 0 Å². The average molecular weight is 387 g/mol. The van der Waals surface area contributed by atoms with Crippen LogP contribution >= 0.6 is 0 Å². The van der Waals surface area contributed by atoms with E-state index < -0.39 is 18.0 Å². The van der Waals surface area contributed by atoms with Crippen LogP contribution in [0.2, 0.25) is 0 Å². The first-order valence-electron chi connectivity index (χ1n) is 8.84. The van der Waals surface area contributed by atoms with Crippen molar-refractivity contribution in [1.29, 1.82) is 0 Å². The van der Waals surface area contributed by atoms with Gasteiger partial charge in [-0.15, -0.1) is 0 Å². The minimum atomic E-state index is -0.786. The fraction of sp³-hybridized carbons (Fsp3) is 0.333. The summed E-state index contributed by atoms with van der Waals surface area (Å²) < 4.78 is 21.1. The van der Waals surface area contributed by atoms with Crippen LogP contribution < -0.4 is 19.5 Å². The van der Waals surface area contributed by atoms with Gasteiger partial charge in [0.1, 0.15) is 5.75 Å². The van der Waals surface area contributed by atoms with Gasteiger partial charge in [0.05, 0.1) is 32.6 Å². The molecule has 2 rings (SSSR count). The molecule has 0 aliphatic rings. The van der Waals surface area contributed by atoms with Crippen molar-refractivity contribution in [3.8, 4) is 17.2 Å². The summed E-state index contributed by atoms with van der Waals surface area (Å²) in [5, 5.41) is 2.71. The number of nitrogens with one attached hydrogen (secondary N) is 1. The number of methoxy groups -OCH3 is 3. The molecule has 0 saturated heterocycles. The molecule has 150 valence electrons. The zero-order chi connectivity index (χ0) is 20.7. The van der Waals surface area contributed by atoms with E-state index in [9.17, 15) is 9.59 Å². The number of amides is 1. The first kappa shape index (κ1) is 21.1. The molecule has 0 aromatic heterocycles. The van der Waals surface area contributed by atoms with Crippen molar-refractivity contribution in [1.82, 2.24) is 0 Å². The minimum Gasteiger partial charge on any atom is -0.493 e. The molecule has 0 unspecified atom stereocenters. The third kappa shape index (κ3) is 4.73. The molecular formula is C21H25NO6. The summed E-state index contributed by atoms with van der Waals surface area (Å²) >= 11 is 0. The fourth-order valence-electron chi connectivity index (χ4n) is 2.65. The summed E-state index contributed by atoms with van der Waals surface area (Å²) in [5.74, 6) is 0.343. The average Bonchev–Trinajstić information content (AvgIpc) is 2.72. The quantitative estimate of drug-likeness (QED) is 0.699. The zero-order valence-corrected chi connectivity index (χ0v) is 16.7. The Morgan fingerprint density at radius 3 is 2.25 bits per heavy atom. The molecule has 0 spiro atoms. The van der Waals surface area contributed by atoms with Crippen molar-refractivity contribution in [2.24, 2.45) is 0 Å². The molecule has 0 fully saturated rings. The second kappa shape index (κ2) is 9.64. The number of carbonyl (C=O) groups is 2. The van der Waals surface area contributed by atoms with Gasteiger partial charge in [0.25, 0.3) is 5.91 Å². The van der Waals surface area contributed by atoms with E-state index in [-0.39, 0.29) is 11.3 Å². The lowest BCUT2D eigenvalue weighted by molar-refractivity contribution is -0.122. The van der Waals surface area contributed by atoms with Crippen molar-refractivity contribution in [2.75, 3.05) is 26.6 Å². The second-order valence-electron chi connectivity index (χ2n) is 5.95. The van der Waals surface area contributed by atoms with E-state index in [2.05, 4.69) is 5.32 Å². The smallest absolute Gasteiger partial charge is 0.340 e. The lowest BCUT2D eigenvalue weighted by Crippen LogP contribution is -2.31. The van der Waals surface area contributed by atoms with Gasteiger partial charge in [-0.05, 0) is 25.0 Å². The number of hydrogen-bond donors (Lipinski definition) is 1. The predicted octanol–water partition coefficient (Wildman–Crippen LogP) is 3.46. The van der Waals surface area contributed by atoms with Crippen molar-refractivity contribution >= 4 is 17.6 Å². The summed E-state index contributed by atoms with van der Waals surface area (Å²) in [5.41, 5.74) is 1.40. The molecule has 7 heteroatoms. The maximum absolute atomic E-state index is 12.7. The minimum absolute atomic E-state index is 0.148. The number of rotatable bonds is 8. The number of hydrogen-bond acceptors (Lipinski definition) is 6. The van der Waals surface area contributed by atoms with Crippen molar-refractivity contribution < 1.29 is 28.5 Å². The van der Waals surface area contributed by atoms with Crippen molar-refractivity contribution in [3.63, 3.8) is 0 Å². The molecule has 2 aromatic carbocycles. The highest BCUT2D eigenvalue weighted by Crippen LogP contribution is 2.34. The molecule has 2 aromatic rings. The molecule has 1 atom stereocenters. The Hall–Kier alpha value is -3.22. The summed E-state index contributed by atoms with van der Waals surface area (Å²) in [6.07, 6.45) is -0.00143. The van der Waals surface area contributed by atoms with E-state index in [1.807, 2.05) is 31.2 Å². The monoisotopic (exact) mass is 387 g/mol. The first-order chi connectivity index (χ1) is 13.4. The Bertz CT molecular complexity index is 849. The molecule has 0 aliphatic heterocycles. The number of esters is 1. The number of aryl methyl sites for hydroxylation is 1. The van der Waals surface area contributed by atoms with Gasteiger partial charge in [0, 0.05) is 12.1 Å². The first-order valence-corrected chi connectivity index (χ1v) is 8.84. The number of anilines is 1. The van der Waals surface area contributed by atoms with Crippen molar-refractivity contribution in [2.45, 2.75) is 26.4 Å². The van der Waals surface area contributed by atoms with Gasteiger partial charge in [-0.3, -0.25) is 4.79 Å². The Morgan fingerprint density at radius 2 is 1.64 bits per heavy atom. The Kier molecular flexibility index (Phi) is 7.26. The van der Waals surface area contributed by atoms with Crippen LogP contribution in [0.25, 0.3) is 0 Å². The van der Waals surface area contributed by atoms with Crippen LogP contribution in [0.15, 0.2) is 36.4 Å². The largest absolute Gasteiger partial charge is 0.493 e. The van der Waals surface area contributed by atoms with Crippen LogP contribution in [0.3, 0.4) is 0 Å². The molecule has 0 aliphatic carbocycles. The third-order valence-corrected chi connectivity index (χ3v) is 4.21. The number of benzene rings is 2. The van der Waals surface area contributed by atoms with E-state index in [0.29, 0.717) is 17.2 Å². The molecule has 1 N–H and O–H groups in total. The Balaban J connectivity index is 2.27. The SMILES string of the molecule is CCc1ccccc1O[C@@H](C)C(=O)Nc1cc(OC)c(OC)cc1C(=O)OC. The van der Waals surface area contributed by atoms with E-state index in [4.69, 9.17) is 18.9 Å². The maximum Gasteiger partial charge on any atom is 0.340 e. The van der Waals surface area contributed by atoms with Gasteiger partial charge in [0.2, 0.25) is 0 Å². The summed E-state index contributed by atoms with van der Waals surface area (Å²) in [7, 11) is 4.19. The highest BCUT2D eigenvalue weighted by Gasteiger charge is 2.22. The molecule has 28 heavy (non-hydrogen) atoms. The summed E-state index contributed by atoms with van der Waals surface area (Å²) in [4.78, 5) is 24.8. The predicted molar refractivity (Wildman–Crippen MR) is 105 cm³/mol. The van der Waals surface area contributed by atoms with Crippen LogP contribution in [0, 0.1) is 0 Å². The summed E-state index contributed by atoms with van der Waals surface area (Å²) in [6, 6.07) is 10.5. The van der Waals surface area contributed by atoms with E-state index in [1.54, 1.807) is 6.92 Å². The molecule has 0 saturated carbocycles. The number of carbonyl (C=O) groups excluding carboxylic acids is 2. The van der Waals surface area contributed by atoms with Crippen molar-refractivity contribution in [3.05, 3.63) is 47.5 Å². The second-order valence-corrected chi connectivity index (χ2v) is 5.95. The zero-order valence-electron chi connectivity index (χ0n) is 16.7. The highest BCUT2D eigenvalue weighted by atomic mass is 16.5. The van der Waals surface area contributed by atoms with E-state index >= 15 is 0 Å². The fourth-order valence-corrected chi connectivity index (χ4v) is 2.65. The van der Waals surface area contributed by atoms with Gasteiger partial charge < -0.3 is 24.3 Å². The topological polar surface area (TPSA) is 83.1 Å². The van der Waals surface area contributed by atoms with Gasteiger partial charge >= 0.3 is 5.97 Å². The third-order valence-electron chi connectivity index (χ3n) is 4.21. The normalized spacial score (nSPS) is 11.3. The van der Waals surface area contributed by atoms with E-state index in [0.717, 1.165) is 12.0 Å². The summed E-state index contributed by atoms with van der Waals surface area (Å²) in [6.45, 7) is 3.65. The van der Waals surface area contributed by atoms with Crippen LogP contribution in [0.1, 0.15) is 29.8 Å². The number of para-hydroxylation sites is 1. The van der Waals surface area contributed by atoms with Crippen LogP contribution in [-0.2, 0) is 16.0 Å². The van der Waals surface area contributed by atoms with Crippen LogP contribution in [-0.4, -0.2) is 39.3 Å². The molecular weight excluding hydrogens is 362 g/mol. The molecule has 0 heterocycles. The van der Waals surface area contributed by atoms with E-state index in [1.165, 1.54) is 33.5 Å². The number of ether oxygens (including phenoxy) is 4. The van der Waals surface area contributed by atoms with Crippen LogP contribution in [0.4, 0.5) is 5.69 Å². The lowest BCUT2D eigenvalue weighted by Gasteiger charge is -2.19. The van der Waals surface area contributed by atoms with Gasteiger partial charge in [-0.1, -0.05) is 25.1 Å². The Morgan fingerprint density at radius 1 is 1.00 bits per heavy atom. The maximum atomic E-state index is 12.7.